The summed E-state index contributed by atoms with van der Waals surface area (Å²) in [5.41, 5.74) is 1.02. The Morgan fingerprint density at radius 3 is 2.88 bits per heavy atom. The fourth-order valence-electron chi connectivity index (χ4n) is 0.535. The second-order valence-corrected chi connectivity index (χ2v) is 1.62. The fourth-order valence-corrected chi connectivity index (χ4v) is 0.535. The zero-order valence-corrected chi connectivity index (χ0v) is 4.83. The molecule has 0 amide bonds. The highest BCUT2D eigenvalue weighted by atomic mass is 15.3. The molecule has 0 atom stereocenters. The van der Waals surface area contributed by atoms with Crippen molar-refractivity contribution in [2.75, 3.05) is 0 Å². The van der Waals surface area contributed by atoms with Crippen LogP contribution in [0.15, 0.2) is 18.8 Å². The van der Waals surface area contributed by atoms with Crippen LogP contribution in [0.1, 0.15) is 5.69 Å². The minimum Gasteiger partial charge on any atom is -0.249 e. The molecule has 0 aromatic carbocycles. The molecule has 1 rings (SSSR count). The lowest BCUT2D eigenvalue weighted by atomic mass is 10.5. The van der Waals surface area contributed by atoms with Gasteiger partial charge in [-0.3, -0.25) is 0 Å². The van der Waals surface area contributed by atoms with Crippen molar-refractivity contribution >= 4 is 6.20 Å². The van der Waals surface area contributed by atoms with Gasteiger partial charge in [0.2, 0.25) is 0 Å². The van der Waals surface area contributed by atoms with Crippen molar-refractivity contribution < 1.29 is 0 Å². The van der Waals surface area contributed by atoms with Crippen LogP contribution in [-0.4, -0.2) is 9.78 Å². The average Bonchev–Trinajstić information content (AvgIpc) is 2.14. The topological polar surface area (TPSA) is 17.8 Å². The van der Waals surface area contributed by atoms with Crippen molar-refractivity contribution in [3.63, 3.8) is 0 Å². The SMILES string of the molecule is C=Cn1ccc(C)n1. The molecular weight excluding hydrogens is 100 g/mol. The van der Waals surface area contributed by atoms with Gasteiger partial charge in [-0.1, -0.05) is 6.58 Å². The highest BCUT2D eigenvalue weighted by Gasteiger charge is 1.84. The number of aryl methyl sites for hydroxylation is 1. The van der Waals surface area contributed by atoms with E-state index in [0.717, 1.165) is 5.69 Å². The molecular formula is C6H8N2. The molecule has 0 aliphatic heterocycles. The molecule has 0 N–H and O–H groups in total. The molecule has 2 nitrogen and oxygen atoms in total. The molecule has 0 saturated heterocycles. The van der Waals surface area contributed by atoms with Crippen LogP contribution in [0.2, 0.25) is 0 Å². The Kier molecular flexibility index (Phi) is 1.16. The molecule has 42 valence electrons. The minimum absolute atomic E-state index is 1.02. The molecule has 0 saturated carbocycles. The Morgan fingerprint density at radius 1 is 1.88 bits per heavy atom. The Morgan fingerprint density at radius 2 is 2.62 bits per heavy atom. The first kappa shape index (κ1) is 5.09. The van der Waals surface area contributed by atoms with Crippen LogP contribution in [0.4, 0.5) is 0 Å². The van der Waals surface area contributed by atoms with Crippen molar-refractivity contribution in [2.45, 2.75) is 6.92 Å². The number of rotatable bonds is 1. The van der Waals surface area contributed by atoms with Crippen LogP contribution >= 0.6 is 0 Å². The second-order valence-electron chi connectivity index (χ2n) is 1.62. The molecule has 2 heteroatoms. The zero-order valence-electron chi connectivity index (χ0n) is 4.83. The van der Waals surface area contributed by atoms with E-state index in [0.29, 0.717) is 0 Å². The number of hydrogen-bond donors (Lipinski definition) is 0. The van der Waals surface area contributed by atoms with E-state index >= 15 is 0 Å². The van der Waals surface area contributed by atoms with Crippen LogP contribution in [0, 0.1) is 6.92 Å². The van der Waals surface area contributed by atoms with E-state index in [1.807, 2.05) is 19.2 Å². The average molecular weight is 108 g/mol. The van der Waals surface area contributed by atoms with Crippen LogP contribution in [0.3, 0.4) is 0 Å². The van der Waals surface area contributed by atoms with Gasteiger partial charge < -0.3 is 0 Å². The van der Waals surface area contributed by atoms with Crippen molar-refractivity contribution in [1.82, 2.24) is 9.78 Å². The van der Waals surface area contributed by atoms with E-state index in [1.54, 1.807) is 10.9 Å². The van der Waals surface area contributed by atoms with Crippen molar-refractivity contribution in [3.05, 3.63) is 24.5 Å². The van der Waals surface area contributed by atoms with Crippen LogP contribution in [0.25, 0.3) is 6.20 Å². The molecule has 1 heterocycles. The summed E-state index contributed by atoms with van der Waals surface area (Å²) in [5, 5.41) is 4.03. The van der Waals surface area contributed by atoms with Gasteiger partial charge in [0.15, 0.2) is 0 Å². The summed E-state index contributed by atoms with van der Waals surface area (Å²) in [6.45, 7) is 5.49. The van der Waals surface area contributed by atoms with Gasteiger partial charge in [0.1, 0.15) is 0 Å². The third kappa shape index (κ3) is 0.780. The normalized spacial score (nSPS) is 9.12. The smallest absolute Gasteiger partial charge is 0.0597 e. The van der Waals surface area contributed by atoms with Gasteiger partial charge in [0, 0.05) is 12.4 Å². The lowest BCUT2D eigenvalue weighted by Gasteiger charge is -1.83. The van der Waals surface area contributed by atoms with Gasteiger partial charge in [-0.25, -0.2) is 4.68 Å². The first-order valence-corrected chi connectivity index (χ1v) is 2.47. The Bertz CT molecular complexity index is 188. The summed E-state index contributed by atoms with van der Waals surface area (Å²) < 4.78 is 1.68. The summed E-state index contributed by atoms with van der Waals surface area (Å²) in [7, 11) is 0. The molecule has 0 bridgehead atoms. The Labute approximate surface area is 48.4 Å². The van der Waals surface area contributed by atoms with Crippen molar-refractivity contribution in [3.8, 4) is 0 Å². The maximum Gasteiger partial charge on any atom is 0.0597 e. The summed E-state index contributed by atoms with van der Waals surface area (Å²) in [6.07, 6.45) is 3.52. The number of nitrogens with zero attached hydrogens (tertiary/aromatic N) is 2. The van der Waals surface area contributed by atoms with Crippen LogP contribution in [0.5, 0.6) is 0 Å². The fraction of sp³-hybridized carbons (Fsp3) is 0.167. The van der Waals surface area contributed by atoms with Crippen molar-refractivity contribution in [2.24, 2.45) is 0 Å². The van der Waals surface area contributed by atoms with Gasteiger partial charge in [0.05, 0.1) is 5.69 Å². The molecule has 0 unspecified atom stereocenters. The van der Waals surface area contributed by atoms with Gasteiger partial charge in [-0.05, 0) is 13.0 Å². The summed E-state index contributed by atoms with van der Waals surface area (Å²) >= 11 is 0. The maximum atomic E-state index is 4.03. The predicted molar refractivity (Wildman–Crippen MR) is 33.4 cm³/mol. The molecule has 8 heavy (non-hydrogen) atoms. The van der Waals surface area contributed by atoms with Crippen molar-refractivity contribution in [1.29, 1.82) is 0 Å². The predicted octanol–water partition coefficient (Wildman–Crippen LogP) is 1.29. The van der Waals surface area contributed by atoms with E-state index in [1.165, 1.54) is 0 Å². The first-order valence-electron chi connectivity index (χ1n) is 2.47. The van der Waals surface area contributed by atoms with Crippen LogP contribution < -0.4 is 0 Å². The standard InChI is InChI=1S/C6H8N2/c1-3-8-5-4-6(2)7-8/h3-5H,1H2,2H3. The van der Waals surface area contributed by atoms with Gasteiger partial charge in [-0.2, -0.15) is 5.10 Å². The lowest BCUT2D eigenvalue weighted by molar-refractivity contribution is 0.913. The van der Waals surface area contributed by atoms with E-state index in [4.69, 9.17) is 0 Å². The van der Waals surface area contributed by atoms with Gasteiger partial charge in [-0.15, -0.1) is 0 Å². The molecule has 0 fully saturated rings. The molecule has 1 aromatic rings. The molecule has 0 aliphatic carbocycles. The van der Waals surface area contributed by atoms with E-state index in [2.05, 4.69) is 11.7 Å². The van der Waals surface area contributed by atoms with Crippen LogP contribution in [-0.2, 0) is 0 Å². The summed E-state index contributed by atoms with van der Waals surface area (Å²) in [6, 6.07) is 1.93. The highest BCUT2D eigenvalue weighted by molar-refractivity contribution is 5.14. The maximum absolute atomic E-state index is 4.03. The zero-order chi connectivity index (χ0) is 5.98. The molecule has 0 spiro atoms. The Hall–Kier alpha value is -1.05. The quantitative estimate of drug-likeness (QED) is 0.530. The van der Waals surface area contributed by atoms with Gasteiger partial charge >= 0.3 is 0 Å². The minimum atomic E-state index is 1.02. The second kappa shape index (κ2) is 1.82. The largest absolute Gasteiger partial charge is 0.249 e. The monoisotopic (exact) mass is 108 g/mol. The highest BCUT2D eigenvalue weighted by Crippen LogP contribution is 1.90. The molecule has 1 aromatic heterocycles. The third-order valence-corrected chi connectivity index (χ3v) is 0.929. The van der Waals surface area contributed by atoms with E-state index in [9.17, 15) is 0 Å². The van der Waals surface area contributed by atoms with E-state index < -0.39 is 0 Å². The number of aromatic nitrogens is 2. The molecule has 0 aliphatic rings. The first-order chi connectivity index (χ1) is 3.83. The van der Waals surface area contributed by atoms with Gasteiger partial charge in [0.25, 0.3) is 0 Å². The summed E-state index contributed by atoms with van der Waals surface area (Å²) in [5.74, 6) is 0. The number of hydrogen-bond acceptors (Lipinski definition) is 1. The lowest BCUT2D eigenvalue weighted by Crippen LogP contribution is -1.83. The van der Waals surface area contributed by atoms with E-state index in [-0.39, 0.29) is 0 Å². The third-order valence-electron chi connectivity index (χ3n) is 0.929. The summed E-state index contributed by atoms with van der Waals surface area (Å²) in [4.78, 5) is 0. The Balaban J connectivity index is 3.00. The molecule has 0 radical (unpaired) electrons.